The van der Waals surface area contributed by atoms with Crippen molar-refractivity contribution in [3.8, 4) is 16.9 Å². The van der Waals surface area contributed by atoms with Gasteiger partial charge < -0.3 is 15.0 Å². The zero-order valence-electron chi connectivity index (χ0n) is 18.1. The van der Waals surface area contributed by atoms with E-state index in [0.29, 0.717) is 24.7 Å². The molecule has 0 radical (unpaired) electrons. The number of anilines is 1. The van der Waals surface area contributed by atoms with Gasteiger partial charge in [0.25, 0.3) is 0 Å². The van der Waals surface area contributed by atoms with E-state index in [2.05, 4.69) is 11.6 Å². The molecule has 0 aromatic heterocycles. The van der Waals surface area contributed by atoms with Gasteiger partial charge in [0.15, 0.2) is 0 Å². The molecule has 3 aromatic rings. The molecule has 1 heterocycles. The van der Waals surface area contributed by atoms with Crippen molar-refractivity contribution >= 4 is 35.0 Å². The van der Waals surface area contributed by atoms with E-state index in [1.807, 2.05) is 89.5 Å². The van der Waals surface area contributed by atoms with Crippen molar-refractivity contribution in [2.45, 2.75) is 19.1 Å². The number of carbonyl (C=O) groups is 1. The average Bonchev–Trinajstić information content (AvgIpc) is 2.83. The van der Waals surface area contributed by atoms with Crippen LogP contribution >= 0.6 is 23.4 Å². The smallest absolute Gasteiger partial charge is 0.241 e. The molecular formula is C26H27ClN2O2S. The van der Waals surface area contributed by atoms with Crippen LogP contribution in [-0.4, -0.2) is 37.0 Å². The van der Waals surface area contributed by atoms with Gasteiger partial charge in [-0.25, -0.2) is 0 Å². The van der Waals surface area contributed by atoms with Crippen molar-refractivity contribution in [3.63, 3.8) is 0 Å². The van der Waals surface area contributed by atoms with Crippen LogP contribution in [0.1, 0.15) is 12.0 Å². The van der Waals surface area contributed by atoms with Crippen LogP contribution in [0.25, 0.3) is 11.1 Å². The lowest BCUT2D eigenvalue weighted by Crippen LogP contribution is -2.54. The molecule has 166 valence electrons. The average molecular weight is 467 g/mol. The maximum Gasteiger partial charge on any atom is 0.241 e. The number of thioether (sulfide) groups is 1. The molecule has 32 heavy (non-hydrogen) atoms. The molecule has 1 aliphatic rings. The fourth-order valence-electron chi connectivity index (χ4n) is 3.87. The maximum absolute atomic E-state index is 12.8. The summed E-state index contributed by atoms with van der Waals surface area (Å²) in [6, 6.07) is 24.1. The molecule has 1 atom stereocenters. The van der Waals surface area contributed by atoms with Crippen molar-refractivity contribution in [3.05, 3.63) is 83.4 Å². The van der Waals surface area contributed by atoms with Crippen LogP contribution in [-0.2, 0) is 11.4 Å². The molecule has 4 nitrogen and oxygen atoms in total. The number of nitrogens with zero attached hydrogens (tertiary/aromatic N) is 1. The van der Waals surface area contributed by atoms with Crippen molar-refractivity contribution in [1.29, 1.82) is 0 Å². The van der Waals surface area contributed by atoms with Crippen molar-refractivity contribution in [2.75, 3.05) is 30.0 Å². The highest BCUT2D eigenvalue weighted by atomic mass is 35.5. The lowest BCUT2D eigenvalue weighted by molar-refractivity contribution is -0.119. The number of hydrogen-bond donors (Lipinski definition) is 1. The Kier molecular flexibility index (Phi) is 7.74. The van der Waals surface area contributed by atoms with E-state index < -0.39 is 0 Å². The van der Waals surface area contributed by atoms with Gasteiger partial charge in [-0.2, -0.15) is 11.8 Å². The van der Waals surface area contributed by atoms with Crippen LogP contribution in [0.5, 0.6) is 5.75 Å². The Morgan fingerprint density at radius 2 is 1.94 bits per heavy atom. The van der Waals surface area contributed by atoms with Gasteiger partial charge in [0, 0.05) is 23.2 Å². The van der Waals surface area contributed by atoms with E-state index in [1.165, 1.54) is 0 Å². The summed E-state index contributed by atoms with van der Waals surface area (Å²) in [6.45, 7) is 1.48. The number of piperazine rings is 1. The van der Waals surface area contributed by atoms with Crippen molar-refractivity contribution < 1.29 is 9.53 Å². The van der Waals surface area contributed by atoms with Gasteiger partial charge in [0.05, 0.1) is 12.2 Å². The number of benzene rings is 3. The Labute approximate surface area is 198 Å². The summed E-state index contributed by atoms with van der Waals surface area (Å²) in [6.07, 6.45) is 3.12. The van der Waals surface area contributed by atoms with E-state index in [1.54, 1.807) is 0 Å². The van der Waals surface area contributed by atoms with Crippen molar-refractivity contribution in [1.82, 2.24) is 5.32 Å². The number of halogens is 1. The highest BCUT2D eigenvalue weighted by Gasteiger charge is 2.28. The summed E-state index contributed by atoms with van der Waals surface area (Å²) in [7, 11) is 0. The van der Waals surface area contributed by atoms with E-state index in [4.69, 9.17) is 16.3 Å². The second-order valence-electron chi connectivity index (χ2n) is 7.83. The third-order valence-corrected chi connectivity index (χ3v) is 6.44. The lowest BCUT2D eigenvalue weighted by Gasteiger charge is -2.35. The molecule has 0 spiro atoms. The van der Waals surface area contributed by atoms with E-state index in [-0.39, 0.29) is 11.9 Å². The van der Waals surface area contributed by atoms with Crippen LogP contribution in [0, 0.1) is 0 Å². The molecule has 0 aliphatic carbocycles. The molecule has 6 heteroatoms. The molecule has 1 fully saturated rings. The van der Waals surface area contributed by atoms with Gasteiger partial charge >= 0.3 is 0 Å². The SMILES string of the molecule is CSCC[C@H]1CN(c2cc(Cl)ccc2-c2cccc(OCc3ccccc3)c2)C(=O)CN1. The Hall–Kier alpha value is -2.47. The van der Waals surface area contributed by atoms with Crippen LogP contribution in [0.2, 0.25) is 5.02 Å². The second kappa shape index (κ2) is 10.9. The summed E-state index contributed by atoms with van der Waals surface area (Å²) in [5.41, 5.74) is 3.93. The molecule has 0 bridgehead atoms. The highest BCUT2D eigenvalue weighted by Crippen LogP contribution is 2.36. The Morgan fingerprint density at radius 3 is 2.75 bits per heavy atom. The lowest BCUT2D eigenvalue weighted by atomic mass is 10.0. The minimum absolute atomic E-state index is 0.0606. The summed E-state index contributed by atoms with van der Waals surface area (Å²) >= 11 is 8.18. The van der Waals surface area contributed by atoms with Crippen LogP contribution in [0.3, 0.4) is 0 Å². The summed E-state index contributed by atoms with van der Waals surface area (Å²) in [4.78, 5) is 14.7. The van der Waals surface area contributed by atoms with Crippen LogP contribution in [0.4, 0.5) is 5.69 Å². The van der Waals surface area contributed by atoms with Crippen molar-refractivity contribution in [2.24, 2.45) is 0 Å². The molecule has 1 N–H and O–H groups in total. The Balaban J connectivity index is 1.60. The third-order valence-electron chi connectivity index (χ3n) is 5.56. The molecule has 1 aliphatic heterocycles. The molecule has 0 unspecified atom stereocenters. The minimum atomic E-state index is 0.0606. The Morgan fingerprint density at radius 1 is 1.09 bits per heavy atom. The summed E-state index contributed by atoms with van der Waals surface area (Å²) in [5, 5.41) is 3.98. The standard InChI is InChI=1S/C26H27ClN2O2S/c1-32-13-12-22-17-29(26(30)16-28-22)25-15-21(27)10-11-24(25)20-8-5-9-23(14-20)31-18-19-6-3-2-4-7-19/h2-11,14-15,22,28H,12-13,16-18H2,1H3/t22-/m0/s1. The Bertz CT molecular complexity index is 1060. The monoisotopic (exact) mass is 466 g/mol. The zero-order valence-corrected chi connectivity index (χ0v) is 19.7. The first-order valence-corrected chi connectivity index (χ1v) is 12.5. The number of hydrogen-bond acceptors (Lipinski definition) is 4. The first kappa shape index (κ1) is 22.7. The normalized spacial score (nSPS) is 16.2. The maximum atomic E-state index is 12.8. The van der Waals surface area contributed by atoms with Gasteiger partial charge in [-0.15, -0.1) is 0 Å². The largest absolute Gasteiger partial charge is 0.489 e. The van der Waals surface area contributed by atoms with E-state index in [0.717, 1.165) is 40.3 Å². The molecule has 1 amide bonds. The number of carbonyl (C=O) groups excluding carboxylic acids is 1. The topological polar surface area (TPSA) is 41.6 Å². The van der Waals surface area contributed by atoms with Gasteiger partial charge in [-0.3, -0.25) is 4.79 Å². The number of ether oxygens (including phenoxy) is 1. The fourth-order valence-corrected chi connectivity index (χ4v) is 4.55. The third kappa shape index (κ3) is 5.66. The molecule has 1 saturated heterocycles. The quantitative estimate of drug-likeness (QED) is 0.466. The van der Waals surface area contributed by atoms with E-state index >= 15 is 0 Å². The molecule has 3 aromatic carbocycles. The number of amides is 1. The predicted molar refractivity (Wildman–Crippen MR) is 135 cm³/mol. The number of rotatable bonds is 8. The predicted octanol–water partition coefficient (Wildman–Crippen LogP) is 5.64. The molecular weight excluding hydrogens is 440 g/mol. The summed E-state index contributed by atoms with van der Waals surface area (Å²) in [5.74, 6) is 1.91. The van der Waals surface area contributed by atoms with Crippen LogP contribution < -0.4 is 15.0 Å². The highest BCUT2D eigenvalue weighted by molar-refractivity contribution is 7.98. The first-order chi connectivity index (χ1) is 15.6. The fraction of sp³-hybridized carbons (Fsp3) is 0.269. The summed E-state index contributed by atoms with van der Waals surface area (Å²) < 4.78 is 6.03. The first-order valence-electron chi connectivity index (χ1n) is 10.7. The van der Waals surface area contributed by atoms with Crippen LogP contribution in [0.15, 0.2) is 72.8 Å². The minimum Gasteiger partial charge on any atom is -0.489 e. The van der Waals surface area contributed by atoms with Gasteiger partial charge in [-0.1, -0.05) is 60.1 Å². The zero-order chi connectivity index (χ0) is 22.3. The van der Waals surface area contributed by atoms with Gasteiger partial charge in [0.2, 0.25) is 5.91 Å². The molecule has 4 rings (SSSR count). The number of nitrogens with one attached hydrogen (secondary N) is 1. The van der Waals surface area contributed by atoms with Gasteiger partial charge in [0.1, 0.15) is 12.4 Å². The second-order valence-corrected chi connectivity index (χ2v) is 9.25. The van der Waals surface area contributed by atoms with Gasteiger partial charge in [-0.05, 0) is 53.8 Å². The molecule has 0 saturated carbocycles. The van der Waals surface area contributed by atoms with E-state index in [9.17, 15) is 4.79 Å².